The van der Waals surface area contributed by atoms with E-state index in [4.69, 9.17) is 11.6 Å². The molecule has 1 fully saturated rings. The second-order valence-electron chi connectivity index (χ2n) is 10.1. The van der Waals surface area contributed by atoms with Crippen molar-refractivity contribution in [1.82, 2.24) is 10.2 Å². The molecule has 0 heterocycles. The van der Waals surface area contributed by atoms with E-state index in [-0.39, 0.29) is 18.5 Å². The van der Waals surface area contributed by atoms with Crippen LogP contribution in [0.15, 0.2) is 48.5 Å². The number of carbonyl (C=O) groups is 2. The molecule has 0 bridgehead atoms. The Morgan fingerprint density at radius 2 is 1.62 bits per heavy atom. The monoisotopic (exact) mass is 547 g/mol. The molecule has 0 saturated heterocycles. The quantitative estimate of drug-likeness (QED) is 0.424. The number of hydrogen-bond acceptors (Lipinski definition) is 4. The Bertz CT molecular complexity index is 1160. The summed E-state index contributed by atoms with van der Waals surface area (Å²) in [5.74, 6) is -0.355. The van der Waals surface area contributed by atoms with E-state index in [1.165, 1.54) is 4.90 Å². The fraction of sp³-hybridized carbons (Fsp3) is 0.500. The van der Waals surface area contributed by atoms with E-state index in [9.17, 15) is 18.0 Å². The third-order valence-electron chi connectivity index (χ3n) is 6.88. The van der Waals surface area contributed by atoms with Crippen LogP contribution in [0, 0.1) is 0 Å². The van der Waals surface area contributed by atoms with Crippen molar-refractivity contribution < 1.29 is 18.0 Å². The molecule has 1 saturated carbocycles. The van der Waals surface area contributed by atoms with Crippen molar-refractivity contribution in [2.75, 3.05) is 17.1 Å². The van der Waals surface area contributed by atoms with Gasteiger partial charge in [0.25, 0.3) is 0 Å². The lowest BCUT2D eigenvalue weighted by molar-refractivity contribution is -0.140. The lowest BCUT2D eigenvalue weighted by atomic mass is 10.0. The maximum absolute atomic E-state index is 13.8. The van der Waals surface area contributed by atoms with Crippen LogP contribution in [0.4, 0.5) is 5.69 Å². The highest BCUT2D eigenvalue weighted by molar-refractivity contribution is 7.92. The fourth-order valence-electron chi connectivity index (χ4n) is 4.71. The molecule has 2 aromatic rings. The highest BCUT2D eigenvalue weighted by Crippen LogP contribution is 2.24. The van der Waals surface area contributed by atoms with E-state index in [0.29, 0.717) is 23.0 Å². The maximum Gasteiger partial charge on any atom is 0.244 e. The second kappa shape index (κ2) is 12.8. The molecule has 9 heteroatoms. The van der Waals surface area contributed by atoms with E-state index in [1.807, 2.05) is 31.2 Å². The van der Waals surface area contributed by atoms with Gasteiger partial charge in [-0.2, -0.15) is 0 Å². The van der Waals surface area contributed by atoms with Gasteiger partial charge in [0.15, 0.2) is 0 Å². The molecule has 0 aromatic heterocycles. The van der Waals surface area contributed by atoms with Crippen LogP contribution >= 0.6 is 11.6 Å². The van der Waals surface area contributed by atoms with Crippen LogP contribution in [0.5, 0.6) is 0 Å². The third-order valence-corrected chi connectivity index (χ3v) is 8.27. The zero-order valence-corrected chi connectivity index (χ0v) is 23.7. The maximum atomic E-state index is 13.8. The summed E-state index contributed by atoms with van der Waals surface area (Å²) in [6, 6.07) is 13.7. The Kier molecular flexibility index (Phi) is 10.0. The first-order chi connectivity index (χ1) is 17.5. The summed E-state index contributed by atoms with van der Waals surface area (Å²) in [6.45, 7) is 5.74. The van der Waals surface area contributed by atoms with Gasteiger partial charge < -0.3 is 10.2 Å². The number of nitrogens with one attached hydrogen (secondary N) is 1. The van der Waals surface area contributed by atoms with Gasteiger partial charge in [-0.05, 0) is 60.6 Å². The number of nitrogens with zero attached hydrogens (tertiary/aromatic N) is 2. The van der Waals surface area contributed by atoms with Gasteiger partial charge >= 0.3 is 0 Å². The van der Waals surface area contributed by atoms with Crippen molar-refractivity contribution in [3.05, 3.63) is 64.7 Å². The summed E-state index contributed by atoms with van der Waals surface area (Å²) in [4.78, 5) is 28.6. The number of rotatable bonds is 11. The van der Waals surface area contributed by atoms with Crippen molar-refractivity contribution >= 4 is 39.1 Å². The Hall–Kier alpha value is -2.58. The Balaban J connectivity index is 1.90. The van der Waals surface area contributed by atoms with E-state index in [0.717, 1.165) is 47.4 Å². The highest BCUT2D eigenvalue weighted by Gasteiger charge is 2.33. The van der Waals surface area contributed by atoms with Gasteiger partial charge in [0.2, 0.25) is 21.8 Å². The van der Waals surface area contributed by atoms with Gasteiger partial charge in [0, 0.05) is 17.6 Å². The molecule has 1 atom stereocenters. The molecule has 1 aliphatic rings. The lowest BCUT2D eigenvalue weighted by Crippen LogP contribution is -2.53. The van der Waals surface area contributed by atoms with E-state index < -0.39 is 28.5 Å². The summed E-state index contributed by atoms with van der Waals surface area (Å²) >= 11 is 6.05. The molecule has 0 spiro atoms. The van der Waals surface area contributed by atoms with Crippen molar-refractivity contribution in [2.24, 2.45) is 0 Å². The van der Waals surface area contributed by atoms with Crippen LogP contribution in [0.2, 0.25) is 5.02 Å². The van der Waals surface area contributed by atoms with E-state index in [2.05, 4.69) is 19.2 Å². The zero-order chi connectivity index (χ0) is 27.2. The standard InChI is InChI=1S/C28H38ClN3O4S/c1-5-26(28(34)30-24-8-6-7-9-24)31(18-21-10-14-23(29)15-11-21)27(33)19-32(37(4,35)36)25-16-12-22(13-17-25)20(2)3/h10-17,20,24,26H,5-9,18-19H2,1-4H3,(H,30,34)/t26-/m1/s1. The zero-order valence-electron chi connectivity index (χ0n) is 22.1. The largest absolute Gasteiger partial charge is 0.352 e. The average Bonchev–Trinajstić information content (AvgIpc) is 3.36. The first-order valence-electron chi connectivity index (χ1n) is 12.9. The van der Waals surface area contributed by atoms with Crippen LogP contribution in [0.1, 0.15) is 69.9 Å². The van der Waals surface area contributed by atoms with Gasteiger partial charge in [0.1, 0.15) is 12.6 Å². The molecule has 37 heavy (non-hydrogen) atoms. The predicted molar refractivity (Wildman–Crippen MR) is 149 cm³/mol. The van der Waals surface area contributed by atoms with Gasteiger partial charge in [-0.15, -0.1) is 0 Å². The van der Waals surface area contributed by atoms with Crippen LogP contribution in [0.25, 0.3) is 0 Å². The van der Waals surface area contributed by atoms with Gasteiger partial charge in [-0.25, -0.2) is 8.42 Å². The van der Waals surface area contributed by atoms with Gasteiger partial charge in [-0.1, -0.05) is 69.5 Å². The number of benzene rings is 2. The number of carbonyl (C=O) groups excluding carboxylic acids is 2. The van der Waals surface area contributed by atoms with Crippen LogP contribution in [-0.4, -0.2) is 50.0 Å². The second-order valence-corrected chi connectivity index (χ2v) is 12.4. The van der Waals surface area contributed by atoms with Crippen LogP contribution < -0.4 is 9.62 Å². The first kappa shape index (κ1) is 29.0. The molecule has 1 N–H and O–H groups in total. The number of amides is 2. The van der Waals surface area contributed by atoms with Crippen molar-refractivity contribution in [1.29, 1.82) is 0 Å². The predicted octanol–water partition coefficient (Wildman–Crippen LogP) is 5.10. The smallest absolute Gasteiger partial charge is 0.244 e. The summed E-state index contributed by atoms with van der Waals surface area (Å²) in [5, 5.41) is 3.68. The minimum Gasteiger partial charge on any atom is -0.352 e. The summed E-state index contributed by atoms with van der Waals surface area (Å²) in [7, 11) is -3.76. The number of halogens is 1. The van der Waals surface area contributed by atoms with Gasteiger partial charge in [-0.3, -0.25) is 13.9 Å². The molecule has 202 valence electrons. The normalized spacial score (nSPS) is 15.0. The molecule has 7 nitrogen and oxygen atoms in total. The highest BCUT2D eigenvalue weighted by atomic mass is 35.5. The van der Waals surface area contributed by atoms with E-state index >= 15 is 0 Å². The van der Waals surface area contributed by atoms with Crippen molar-refractivity contribution in [2.45, 2.75) is 77.4 Å². The molecule has 1 aliphatic carbocycles. The molecule has 0 unspecified atom stereocenters. The summed E-state index contributed by atoms with van der Waals surface area (Å²) in [5.41, 5.74) is 2.29. The SMILES string of the molecule is CC[C@H](C(=O)NC1CCCC1)N(Cc1ccc(Cl)cc1)C(=O)CN(c1ccc(C(C)C)cc1)S(C)(=O)=O. The third kappa shape index (κ3) is 7.95. The Morgan fingerprint density at radius 1 is 1.03 bits per heavy atom. The molecule has 0 radical (unpaired) electrons. The topological polar surface area (TPSA) is 86.8 Å². The lowest BCUT2D eigenvalue weighted by Gasteiger charge is -2.33. The average molecular weight is 548 g/mol. The number of hydrogen-bond donors (Lipinski definition) is 1. The molecule has 3 rings (SSSR count). The van der Waals surface area contributed by atoms with Crippen LogP contribution in [-0.2, 0) is 26.2 Å². The molecular formula is C28H38ClN3O4S. The fourth-order valence-corrected chi connectivity index (χ4v) is 5.69. The Labute approximate surface area is 226 Å². The van der Waals surface area contributed by atoms with Crippen molar-refractivity contribution in [3.8, 4) is 0 Å². The molecule has 2 amide bonds. The Morgan fingerprint density at radius 3 is 2.14 bits per heavy atom. The molecule has 0 aliphatic heterocycles. The molecular weight excluding hydrogens is 510 g/mol. The minimum absolute atomic E-state index is 0.112. The molecule has 2 aromatic carbocycles. The number of anilines is 1. The first-order valence-corrected chi connectivity index (χ1v) is 15.1. The van der Waals surface area contributed by atoms with Gasteiger partial charge in [0.05, 0.1) is 11.9 Å². The minimum atomic E-state index is -3.76. The number of sulfonamides is 1. The van der Waals surface area contributed by atoms with Crippen molar-refractivity contribution in [3.63, 3.8) is 0 Å². The van der Waals surface area contributed by atoms with E-state index in [1.54, 1.807) is 24.3 Å². The summed E-state index contributed by atoms with van der Waals surface area (Å²) < 4.78 is 26.6. The summed E-state index contributed by atoms with van der Waals surface area (Å²) in [6.07, 6.45) is 5.51. The van der Waals surface area contributed by atoms with Crippen LogP contribution in [0.3, 0.4) is 0 Å².